The van der Waals surface area contributed by atoms with Crippen molar-refractivity contribution in [2.45, 2.75) is 13.8 Å². The summed E-state index contributed by atoms with van der Waals surface area (Å²) in [4.78, 5) is 13.2. The zero-order valence-corrected chi connectivity index (χ0v) is 9.77. The molecule has 0 aliphatic carbocycles. The summed E-state index contributed by atoms with van der Waals surface area (Å²) in [6, 6.07) is 7.46. The van der Waals surface area contributed by atoms with E-state index in [1.165, 1.54) is 0 Å². The lowest BCUT2D eigenvalue weighted by atomic mass is 10.2. The van der Waals surface area contributed by atoms with Crippen LogP contribution in [-0.2, 0) is 4.79 Å². The maximum atomic E-state index is 11.0. The fourth-order valence-corrected chi connectivity index (χ4v) is 1.47. The second kappa shape index (κ2) is 5.95. The smallest absolute Gasteiger partial charge is 0.335 e. The normalized spacial score (nSPS) is 9.62. The molecule has 86 valence electrons. The van der Waals surface area contributed by atoms with Crippen molar-refractivity contribution in [2.24, 2.45) is 0 Å². The highest BCUT2D eigenvalue weighted by atomic mass is 16.5. The average molecular weight is 219 g/mol. The van der Waals surface area contributed by atoms with Crippen molar-refractivity contribution in [1.82, 2.24) is 0 Å². The molecule has 0 saturated heterocycles. The van der Waals surface area contributed by atoms with Crippen LogP contribution in [0.5, 0.6) is 5.75 Å². The van der Waals surface area contributed by atoms with Crippen molar-refractivity contribution in [2.75, 3.05) is 18.0 Å². The van der Waals surface area contributed by atoms with Crippen LogP contribution in [0.15, 0.2) is 36.9 Å². The van der Waals surface area contributed by atoms with E-state index in [9.17, 15) is 4.79 Å². The van der Waals surface area contributed by atoms with Crippen molar-refractivity contribution in [3.63, 3.8) is 0 Å². The van der Waals surface area contributed by atoms with Crippen molar-refractivity contribution < 1.29 is 9.53 Å². The van der Waals surface area contributed by atoms with Gasteiger partial charge in [0, 0.05) is 24.9 Å². The molecule has 0 saturated carbocycles. The topological polar surface area (TPSA) is 29.5 Å². The lowest BCUT2D eigenvalue weighted by Crippen LogP contribution is -2.21. The van der Waals surface area contributed by atoms with Crippen LogP contribution in [0.4, 0.5) is 5.69 Å². The van der Waals surface area contributed by atoms with E-state index in [2.05, 4.69) is 25.3 Å². The highest BCUT2D eigenvalue weighted by Gasteiger charge is 2.03. The standard InChI is InChI=1S/C13H17NO2/c1-4-13(15)16-12-9-7-11(8-10-12)14(5-2)6-3/h4,7-10H,1,5-6H2,2-3H3. The molecule has 0 aliphatic heterocycles. The van der Waals surface area contributed by atoms with Gasteiger partial charge in [-0.1, -0.05) is 6.58 Å². The summed E-state index contributed by atoms with van der Waals surface area (Å²) >= 11 is 0. The predicted molar refractivity (Wildman–Crippen MR) is 65.8 cm³/mol. The molecule has 0 amide bonds. The van der Waals surface area contributed by atoms with Gasteiger partial charge >= 0.3 is 5.97 Å². The molecule has 1 aromatic rings. The molecule has 0 fully saturated rings. The maximum absolute atomic E-state index is 11.0. The third-order valence-corrected chi connectivity index (χ3v) is 2.35. The largest absolute Gasteiger partial charge is 0.423 e. The van der Waals surface area contributed by atoms with E-state index in [1.54, 1.807) is 12.1 Å². The van der Waals surface area contributed by atoms with E-state index in [-0.39, 0.29) is 0 Å². The number of hydrogen-bond acceptors (Lipinski definition) is 3. The highest BCUT2D eigenvalue weighted by Crippen LogP contribution is 2.19. The second-order valence-corrected chi connectivity index (χ2v) is 3.29. The molecular formula is C13H17NO2. The first-order valence-electron chi connectivity index (χ1n) is 5.40. The molecule has 0 radical (unpaired) electrons. The van der Waals surface area contributed by atoms with Crippen molar-refractivity contribution in [1.29, 1.82) is 0 Å². The zero-order chi connectivity index (χ0) is 12.0. The number of benzene rings is 1. The summed E-state index contributed by atoms with van der Waals surface area (Å²) in [5.41, 5.74) is 1.13. The quantitative estimate of drug-likeness (QED) is 0.433. The van der Waals surface area contributed by atoms with Crippen LogP contribution in [0.3, 0.4) is 0 Å². The van der Waals surface area contributed by atoms with Gasteiger partial charge in [0.1, 0.15) is 5.75 Å². The molecule has 0 atom stereocenters. The van der Waals surface area contributed by atoms with Crippen molar-refractivity contribution in [3.05, 3.63) is 36.9 Å². The molecule has 3 heteroatoms. The summed E-state index contributed by atoms with van der Waals surface area (Å²) in [5.74, 6) is 0.108. The first kappa shape index (κ1) is 12.3. The number of carbonyl (C=O) groups is 1. The van der Waals surface area contributed by atoms with Gasteiger partial charge in [-0.2, -0.15) is 0 Å². The van der Waals surface area contributed by atoms with Crippen LogP contribution in [-0.4, -0.2) is 19.1 Å². The Balaban J connectivity index is 2.74. The molecule has 3 nitrogen and oxygen atoms in total. The van der Waals surface area contributed by atoms with Gasteiger partial charge < -0.3 is 9.64 Å². The lowest BCUT2D eigenvalue weighted by molar-refractivity contribution is -0.128. The number of carbonyl (C=O) groups excluding carboxylic acids is 1. The first-order chi connectivity index (χ1) is 7.71. The van der Waals surface area contributed by atoms with E-state index < -0.39 is 5.97 Å². The summed E-state index contributed by atoms with van der Waals surface area (Å²) in [6.45, 7) is 9.48. The summed E-state index contributed by atoms with van der Waals surface area (Å²) < 4.78 is 4.99. The van der Waals surface area contributed by atoms with Gasteiger partial charge in [0.2, 0.25) is 0 Å². The van der Waals surface area contributed by atoms with Gasteiger partial charge in [-0.25, -0.2) is 4.79 Å². The van der Waals surface area contributed by atoms with E-state index in [0.29, 0.717) is 5.75 Å². The Hall–Kier alpha value is -1.77. The fraction of sp³-hybridized carbons (Fsp3) is 0.308. The van der Waals surface area contributed by atoms with Crippen LogP contribution in [0.1, 0.15) is 13.8 Å². The first-order valence-corrected chi connectivity index (χ1v) is 5.40. The maximum Gasteiger partial charge on any atom is 0.335 e. The summed E-state index contributed by atoms with van der Waals surface area (Å²) in [7, 11) is 0. The van der Waals surface area contributed by atoms with Gasteiger partial charge in [-0.05, 0) is 38.1 Å². The number of esters is 1. The van der Waals surface area contributed by atoms with Gasteiger partial charge in [-0.15, -0.1) is 0 Å². The number of nitrogens with zero attached hydrogens (tertiary/aromatic N) is 1. The third kappa shape index (κ3) is 3.12. The monoisotopic (exact) mass is 219 g/mol. The zero-order valence-electron chi connectivity index (χ0n) is 9.77. The van der Waals surface area contributed by atoms with E-state index in [4.69, 9.17) is 4.74 Å². The molecular weight excluding hydrogens is 202 g/mol. The van der Waals surface area contributed by atoms with Gasteiger partial charge in [-0.3, -0.25) is 0 Å². The van der Waals surface area contributed by atoms with Gasteiger partial charge in [0.05, 0.1) is 0 Å². The Bertz CT molecular complexity index is 353. The Morgan fingerprint density at radius 1 is 1.31 bits per heavy atom. The molecule has 0 spiro atoms. The Labute approximate surface area is 96.3 Å². The molecule has 16 heavy (non-hydrogen) atoms. The Kier molecular flexibility index (Phi) is 4.58. The van der Waals surface area contributed by atoms with Crippen molar-refractivity contribution in [3.8, 4) is 5.75 Å². The number of ether oxygens (including phenoxy) is 1. The highest BCUT2D eigenvalue weighted by molar-refractivity contribution is 5.83. The molecule has 1 aromatic carbocycles. The lowest BCUT2D eigenvalue weighted by Gasteiger charge is -2.20. The second-order valence-electron chi connectivity index (χ2n) is 3.29. The predicted octanol–water partition coefficient (Wildman–Crippen LogP) is 2.62. The number of anilines is 1. The van der Waals surface area contributed by atoms with E-state index in [0.717, 1.165) is 24.9 Å². The molecule has 0 aliphatic rings. The van der Waals surface area contributed by atoms with Crippen molar-refractivity contribution >= 4 is 11.7 Å². The summed E-state index contributed by atoms with van der Waals surface area (Å²) in [5, 5.41) is 0. The van der Waals surface area contributed by atoms with Gasteiger partial charge in [0.25, 0.3) is 0 Å². The SMILES string of the molecule is C=CC(=O)Oc1ccc(N(CC)CC)cc1. The minimum absolute atomic E-state index is 0.435. The third-order valence-electron chi connectivity index (χ3n) is 2.35. The molecule has 0 heterocycles. The minimum Gasteiger partial charge on any atom is -0.423 e. The van der Waals surface area contributed by atoms with Crippen LogP contribution in [0.25, 0.3) is 0 Å². The van der Waals surface area contributed by atoms with Crippen LogP contribution >= 0.6 is 0 Å². The molecule has 1 rings (SSSR count). The van der Waals surface area contributed by atoms with E-state index >= 15 is 0 Å². The fourth-order valence-electron chi connectivity index (χ4n) is 1.47. The average Bonchev–Trinajstić information content (AvgIpc) is 2.32. The summed E-state index contributed by atoms with van der Waals surface area (Å²) in [6.07, 6.45) is 1.15. The van der Waals surface area contributed by atoms with Gasteiger partial charge in [0.15, 0.2) is 0 Å². The van der Waals surface area contributed by atoms with Crippen LogP contribution in [0, 0.1) is 0 Å². The molecule has 0 bridgehead atoms. The number of hydrogen-bond donors (Lipinski definition) is 0. The molecule has 0 aromatic heterocycles. The number of rotatable bonds is 5. The van der Waals surface area contributed by atoms with E-state index in [1.807, 2.05) is 12.1 Å². The van der Waals surface area contributed by atoms with Crippen LogP contribution < -0.4 is 9.64 Å². The molecule has 0 unspecified atom stereocenters. The minimum atomic E-state index is -0.435. The Morgan fingerprint density at radius 3 is 2.31 bits per heavy atom. The van der Waals surface area contributed by atoms with Crippen LogP contribution in [0.2, 0.25) is 0 Å². The molecule has 0 N–H and O–H groups in total. The Morgan fingerprint density at radius 2 is 1.88 bits per heavy atom.